The van der Waals surface area contributed by atoms with Crippen molar-refractivity contribution in [1.82, 2.24) is 5.32 Å². The van der Waals surface area contributed by atoms with E-state index in [2.05, 4.69) is 10.6 Å². The normalized spacial score (nSPS) is 13.7. The number of nitriles is 1. The number of rotatable bonds is 5. The number of halogens is 6. The van der Waals surface area contributed by atoms with E-state index in [0.29, 0.717) is 18.6 Å². The topological polar surface area (TPSA) is 64.9 Å². The molecule has 0 radical (unpaired) electrons. The molecule has 0 aliphatic carbocycles. The number of amides is 1. The smallest absolute Gasteiger partial charge is 0.360 e. The molecule has 1 amide bonds. The molecule has 1 unspecified atom stereocenters. The lowest BCUT2D eigenvalue weighted by atomic mass is 10.1. The minimum Gasteiger partial charge on any atom is -0.360 e. The second-order valence-electron chi connectivity index (χ2n) is 5.39. The van der Waals surface area contributed by atoms with Gasteiger partial charge in [-0.2, -0.15) is 31.6 Å². The van der Waals surface area contributed by atoms with Crippen molar-refractivity contribution >= 4 is 11.6 Å². The molecule has 2 N–H and O–H groups in total. The molecule has 0 aliphatic rings. The average molecular weight is 379 g/mol. The average Bonchev–Trinajstić information content (AvgIpc) is 2.53. The number of nitrogens with one attached hydrogen (secondary N) is 2. The highest BCUT2D eigenvalue weighted by Crippen LogP contribution is 2.37. The summed E-state index contributed by atoms with van der Waals surface area (Å²) in [5.41, 5.74) is -4.07. The van der Waals surface area contributed by atoms with Gasteiger partial charge < -0.3 is 10.6 Å². The Morgan fingerprint density at radius 2 is 1.65 bits per heavy atom. The molecular formula is C16H15F6N3O. The first-order valence-corrected chi connectivity index (χ1v) is 7.35. The Kier molecular flexibility index (Phi) is 6.66. The Labute approximate surface area is 145 Å². The molecule has 0 saturated heterocycles. The SMILES string of the molecule is CCC(C)NC(=O)/C(C#N)=C\Nc1cc(C(F)(F)F)cc(C(F)(F)F)c1. The first kappa shape index (κ1) is 21.3. The summed E-state index contributed by atoms with van der Waals surface area (Å²) in [6.45, 7) is 3.45. The first-order valence-electron chi connectivity index (χ1n) is 7.35. The van der Waals surface area contributed by atoms with Gasteiger partial charge in [0.1, 0.15) is 11.6 Å². The molecule has 0 heterocycles. The molecule has 10 heteroatoms. The van der Waals surface area contributed by atoms with Crippen LogP contribution in [-0.4, -0.2) is 11.9 Å². The molecule has 4 nitrogen and oxygen atoms in total. The van der Waals surface area contributed by atoms with E-state index in [1.807, 2.05) is 0 Å². The number of carbonyl (C=O) groups is 1. The van der Waals surface area contributed by atoms with E-state index in [0.717, 1.165) is 6.20 Å². The third-order valence-corrected chi connectivity index (χ3v) is 3.33. The first-order chi connectivity index (χ1) is 11.9. The highest BCUT2D eigenvalue weighted by molar-refractivity contribution is 5.97. The predicted octanol–water partition coefficient (Wildman–Crippen LogP) is 4.46. The maximum atomic E-state index is 12.8. The van der Waals surface area contributed by atoms with Crippen molar-refractivity contribution in [2.24, 2.45) is 0 Å². The van der Waals surface area contributed by atoms with Crippen LogP contribution in [-0.2, 0) is 17.1 Å². The summed E-state index contributed by atoms with van der Waals surface area (Å²) in [4.78, 5) is 11.8. The number of hydrogen-bond acceptors (Lipinski definition) is 3. The Morgan fingerprint density at radius 3 is 2.04 bits per heavy atom. The van der Waals surface area contributed by atoms with Gasteiger partial charge in [-0.3, -0.25) is 4.79 Å². The van der Waals surface area contributed by atoms with Crippen molar-refractivity contribution in [3.8, 4) is 6.07 Å². The highest BCUT2D eigenvalue weighted by atomic mass is 19.4. The summed E-state index contributed by atoms with van der Waals surface area (Å²) in [5.74, 6) is -0.794. The summed E-state index contributed by atoms with van der Waals surface area (Å²) >= 11 is 0. The van der Waals surface area contributed by atoms with Gasteiger partial charge in [-0.05, 0) is 31.5 Å². The zero-order valence-electron chi connectivity index (χ0n) is 13.7. The van der Waals surface area contributed by atoms with E-state index in [1.165, 1.54) is 6.07 Å². The summed E-state index contributed by atoms with van der Waals surface area (Å²) in [5, 5.41) is 13.6. The molecule has 142 valence electrons. The molecule has 0 bridgehead atoms. The lowest BCUT2D eigenvalue weighted by molar-refractivity contribution is -0.143. The van der Waals surface area contributed by atoms with Crippen LogP contribution in [0.4, 0.5) is 32.0 Å². The van der Waals surface area contributed by atoms with Gasteiger partial charge in [0, 0.05) is 17.9 Å². The van der Waals surface area contributed by atoms with Crippen LogP contribution in [0.5, 0.6) is 0 Å². The number of nitrogens with zero attached hydrogens (tertiary/aromatic N) is 1. The van der Waals surface area contributed by atoms with E-state index in [4.69, 9.17) is 5.26 Å². The van der Waals surface area contributed by atoms with Gasteiger partial charge in [0.25, 0.3) is 5.91 Å². The predicted molar refractivity (Wildman–Crippen MR) is 81.7 cm³/mol. The van der Waals surface area contributed by atoms with Gasteiger partial charge in [0.2, 0.25) is 0 Å². The number of carbonyl (C=O) groups excluding carboxylic acids is 1. The molecule has 1 atom stereocenters. The molecule has 1 aromatic carbocycles. The zero-order valence-corrected chi connectivity index (χ0v) is 13.7. The van der Waals surface area contributed by atoms with Crippen LogP contribution in [0.25, 0.3) is 0 Å². The lowest BCUT2D eigenvalue weighted by Crippen LogP contribution is -2.33. The van der Waals surface area contributed by atoms with Crippen molar-refractivity contribution in [1.29, 1.82) is 5.26 Å². The fourth-order valence-corrected chi connectivity index (χ4v) is 1.75. The largest absolute Gasteiger partial charge is 0.416 e. The van der Waals surface area contributed by atoms with E-state index in [-0.39, 0.29) is 12.1 Å². The Hall–Kier alpha value is -2.70. The molecular weight excluding hydrogens is 364 g/mol. The number of benzene rings is 1. The summed E-state index contributed by atoms with van der Waals surface area (Å²) < 4.78 is 76.7. The van der Waals surface area contributed by atoms with Crippen molar-refractivity contribution < 1.29 is 31.1 Å². The fourth-order valence-electron chi connectivity index (χ4n) is 1.75. The maximum Gasteiger partial charge on any atom is 0.416 e. The van der Waals surface area contributed by atoms with E-state index in [1.54, 1.807) is 13.8 Å². The van der Waals surface area contributed by atoms with Gasteiger partial charge in [-0.25, -0.2) is 0 Å². The number of anilines is 1. The molecule has 1 rings (SSSR count). The standard InChI is InChI=1S/C16H15F6N3O/c1-3-9(2)25-14(26)10(7-23)8-24-13-5-11(15(17,18)19)4-12(6-13)16(20,21)22/h4-6,8-9,24H,3H2,1-2H3,(H,25,26)/b10-8-. The van der Waals surface area contributed by atoms with Gasteiger partial charge in [-0.15, -0.1) is 0 Å². The van der Waals surface area contributed by atoms with Crippen LogP contribution in [0, 0.1) is 11.3 Å². The Bertz CT molecular complexity index is 699. The van der Waals surface area contributed by atoms with Crippen LogP contribution < -0.4 is 10.6 Å². The minimum atomic E-state index is -4.99. The van der Waals surface area contributed by atoms with Crippen LogP contribution >= 0.6 is 0 Å². The van der Waals surface area contributed by atoms with E-state index < -0.39 is 40.6 Å². The zero-order chi connectivity index (χ0) is 20.1. The van der Waals surface area contributed by atoms with Gasteiger partial charge in [0.05, 0.1) is 11.1 Å². The molecule has 0 spiro atoms. The fraction of sp³-hybridized carbons (Fsp3) is 0.375. The monoisotopic (exact) mass is 379 g/mol. The van der Waals surface area contributed by atoms with Crippen molar-refractivity contribution in [3.63, 3.8) is 0 Å². The number of alkyl halides is 6. The van der Waals surface area contributed by atoms with Crippen molar-refractivity contribution in [2.45, 2.75) is 38.7 Å². The van der Waals surface area contributed by atoms with Gasteiger partial charge >= 0.3 is 12.4 Å². The van der Waals surface area contributed by atoms with Crippen LogP contribution in [0.3, 0.4) is 0 Å². The molecule has 0 aliphatic heterocycles. The summed E-state index contributed by atoms with van der Waals surface area (Å²) in [6.07, 6.45) is -8.66. The van der Waals surface area contributed by atoms with E-state index >= 15 is 0 Å². The quantitative estimate of drug-likeness (QED) is 0.451. The van der Waals surface area contributed by atoms with E-state index in [9.17, 15) is 31.1 Å². The highest BCUT2D eigenvalue weighted by Gasteiger charge is 2.36. The lowest BCUT2D eigenvalue weighted by Gasteiger charge is -2.14. The third-order valence-electron chi connectivity index (χ3n) is 3.33. The van der Waals surface area contributed by atoms with Crippen LogP contribution in [0.15, 0.2) is 30.0 Å². The van der Waals surface area contributed by atoms with Crippen LogP contribution in [0.1, 0.15) is 31.4 Å². The maximum absolute atomic E-state index is 12.8. The van der Waals surface area contributed by atoms with Gasteiger partial charge in [-0.1, -0.05) is 6.92 Å². The Morgan fingerprint density at radius 1 is 1.15 bits per heavy atom. The number of hydrogen-bond donors (Lipinski definition) is 2. The van der Waals surface area contributed by atoms with Crippen molar-refractivity contribution in [2.75, 3.05) is 5.32 Å². The third kappa shape index (κ3) is 5.98. The summed E-state index contributed by atoms with van der Waals surface area (Å²) in [6, 6.07) is 2.16. The molecule has 0 fully saturated rings. The second-order valence-corrected chi connectivity index (χ2v) is 5.39. The van der Waals surface area contributed by atoms with Crippen LogP contribution in [0.2, 0.25) is 0 Å². The second kappa shape index (κ2) is 8.12. The van der Waals surface area contributed by atoms with Gasteiger partial charge in [0.15, 0.2) is 0 Å². The van der Waals surface area contributed by atoms with Crippen molar-refractivity contribution in [3.05, 3.63) is 41.1 Å². The summed E-state index contributed by atoms with van der Waals surface area (Å²) in [7, 11) is 0. The molecule has 1 aromatic rings. The minimum absolute atomic E-state index is 0.0181. The Balaban J connectivity index is 3.18. The molecule has 0 saturated carbocycles. The molecule has 26 heavy (non-hydrogen) atoms. The molecule has 0 aromatic heterocycles.